The Bertz CT molecular complexity index is 2540. The fourth-order valence-electron chi connectivity index (χ4n) is 9.66. The summed E-state index contributed by atoms with van der Waals surface area (Å²) >= 11 is 0. The third kappa shape index (κ3) is 7.95. The number of anilines is 3. The molecule has 4 aliphatic rings. The number of carbonyl (C=O) groups is 4. The molecule has 0 radical (unpaired) electrons. The summed E-state index contributed by atoms with van der Waals surface area (Å²) in [5.74, 6) is -2.28. The number of aromatic nitrogens is 5. The van der Waals surface area contributed by atoms with Gasteiger partial charge in [0, 0.05) is 74.3 Å². The second-order valence-electron chi connectivity index (χ2n) is 17.1. The molecule has 14 nitrogen and oxygen atoms in total. The summed E-state index contributed by atoms with van der Waals surface area (Å²) in [5.41, 5.74) is 4.86. The Labute approximate surface area is 351 Å². The van der Waals surface area contributed by atoms with Gasteiger partial charge >= 0.3 is 0 Å². The van der Waals surface area contributed by atoms with Gasteiger partial charge in [-0.3, -0.25) is 34.8 Å². The van der Waals surface area contributed by atoms with E-state index in [1.54, 1.807) is 23.0 Å². The first-order valence-electron chi connectivity index (χ1n) is 21.2. The molecule has 4 amide bonds. The van der Waals surface area contributed by atoms with Gasteiger partial charge in [0.25, 0.3) is 5.91 Å². The maximum absolute atomic E-state index is 15.3. The number of imide groups is 1. The quantitative estimate of drug-likeness (QED) is 0.189. The van der Waals surface area contributed by atoms with Crippen LogP contribution in [0.15, 0.2) is 48.7 Å². The molecule has 2 aromatic carbocycles. The lowest BCUT2D eigenvalue weighted by atomic mass is 9.78. The highest BCUT2D eigenvalue weighted by atomic mass is 19.1. The van der Waals surface area contributed by atoms with E-state index in [9.17, 15) is 19.2 Å². The van der Waals surface area contributed by atoms with Gasteiger partial charge < -0.3 is 19.1 Å². The number of imidazole rings is 1. The average Bonchev–Trinajstić information content (AvgIpc) is 3.77. The standard InChI is InChI=1S/C45H49F2N9O5/c1-25-5-4-16-61-44-33(23-48-53(44)3)37-18-29(17-26(2)49-37)42(59)52-45-50-36-8-6-30(22-38(36)56(45)24-25)55-15-12-28(19-40(55)58)27-10-13-54(14-11-27)31-20-34(46)41(35(47)21-31)32-7-9-39(57)51-43(32)60/h6,8,17-18,20-23,25,27-28,32H,4-5,7,9-16,19,24H2,1-3H3,(H,50,52,59)(H,51,57,60)/t25-,28-,32-/m1/s1. The molecule has 4 aliphatic heterocycles. The molecule has 9 rings (SSSR count). The molecular formula is C45H49F2N9O5. The van der Waals surface area contributed by atoms with Crippen molar-refractivity contribution < 1.29 is 32.7 Å². The molecule has 5 aromatic rings. The first kappa shape index (κ1) is 40.2. The molecule has 0 spiro atoms. The number of halogens is 2. The first-order valence-corrected chi connectivity index (χ1v) is 21.2. The van der Waals surface area contributed by atoms with Gasteiger partial charge in [0.15, 0.2) is 0 Å². The number of nitrogens with one attached hydrogen (secondary N) is 2. The third-order valence-electron chi connectivity index (χ3n) is 12.9. The maximum atomic E-state index is 15.3. The van der Waals surface area contributed by atoms with E-state index in [1.807, 2.05) is 46.5 Å². The Balaban J connectivity index is 0.888. The van der Waals surface area contributed by atoms with Crippen molar-refractivity contribution in [1.29, 1.82) is 0 Å². The molecule has 2 N–H and O–H groups in total. The molecule has 0 aliphatic carbocycles. The van der Waals surface area contributed by atoms with Crippen molar-refractivity contribution in [2.45, 2.75) is 77.7 Å². The highest BCUT2D eigenvalue weighted by Gasteiger charge is 2.36. The van der Waals surface area contributed by atoms with Crippen molar-refractivity contribution in [3.63, 3.8) is 0 Å². The van der Waals surface area contributed by atoms with Gasteiger partial charge in [-0.05, 0) is 106 Å². The molecule has 61 heavy (non-hydrogen) atoms. The molecule has 2 bridgehead atoms. The van der Waals surface area contributed by atoms with Crippen LogP contribution in [0.2, 0.25) is 0 Å². The van der Waals surface area contributed by atoms with E-state index in [0.717, 1.165) is 48.9 Å². The Morgan fingerprint density at radius 1 is 0.852 bits per heavy atom. The number of hydrogen-bond donors (Lipinski definition) is 2. The summed E-state index contributed by atoms with van der Waals surface area (Å²) < 4.78 is 40.6. The number of fused-ring (bicyclic) bond motifs is 7. The van der Waals surface area contributed by atoms with Crippen molar-refractivity contribution in [1.82, 2.24) is 29.6 Å². The van der Waals surface area contributed by atoms with E-state index in [0.29, 0.717) is 79.2 Å². The van der Waals surface area contributed by atoms with Crippen LogP contribution in [0.3, 0.4) is 0 Å². The van der Waals surface area contributed by atoms with Gasteiger partial charge in [-0.15, -0.1) is 0 Å². The van der Waals surface area contributed by atoms with Gasteiger partial charge in [-0.2, -0.15) is 5.10 Å². The lowest BCUT2D eigenvalue weighted by Crippen LogP contribution is -2.43. The van der Waals surface area contributed by atoms with Crippen LogP contribution in [-0.2, 0) is 28.0 Å². The zero-order valence-corrected chi connectivity index (χ0v) is 34.5. The Morgan fingerprint density at radius 2 is 1.62 bits per heavy atom. The second-order valence-corrected chi connectivity index (χ2v) is 17.1. The number of pyridine rings is 1. The van der Waals surface area contributed by atoms with Crippen LogP contribution >= 0.6 is 0 Å². The number of ether oxygens (including phenoxy) is 1. The fraction of sp³-hybridized carbons (Fsp3) is 0.444. The predicted molar refractivity (Wildman–Crippen MR) is 224 cm³/mol. The average molecular weight is 834 g/mol. The lowest BCUT2D eigenvalue weighted by molar-refractivity contribution is -0.134. The summed E-state index contributed by atoms with van der Waals surface area (Å²) in [6.07, 6.45) is 6.27. The van der Waals surface area contributed by atoms with Crippen molar-refractivity contribution in [3.05, 3.63) is 77.1 Å². The van der Waals surface area contributed by atoms with Crippen LogP contribution in [0.5, 0.6) is 5.88 Å². The summed E-state index contributed by atoms with van der Waals surface area (Å²) in [4.78, 5) is 65.1. The van der Waals surface area contributed by atoms with E-state index in [2.05, 4.69) is 22.7 Å². The molecular weight excluding hydrogens is 785 g/mol. The molecule has 3 fully saturated rings. The zero-order chi connectivity index (χ0) is 42.5. The summed E-state index contributed by atoms with van der Waals surface area (Å²) in [6.45, 7) is 6.84. The van der Waals surface area contributed by atoms with E-state index in [1.165, 1.54) is 12.1 Å². The number of carbonyl (C=O) groups excluding carboxylic acids is 4. The number of piperidine rings is 3. The number of aryl methyl sites for hydroxylation is 2. The lowest BCUT2D eigenvalue weighted by Gasteiger charge is -2.40. The number of rotatable bonds is 4. The van der Waals surface area contributed by atoms with Crippen LogP contribution in [-0.4, -0.2) is 74.2 Å². The van der Waals surface area contributed by atoms with Crippen molar-refractivity contribution in [2.75, 3.05) is 41.4 Å². The Hall–Kier alpha value is -6.19. The molecule has 3 atom stereocenters. The van der Waals surface area contributed by atoms with Crippen LogP contribution in [0.1, 0.15) is 85.8 Å². The van der Waals surface area contributed by atoms with Gasteiger partial charge in [0.05, 0.1) is 41.0 Å². The van der Waals surface area contributed by atoms with Crippen LogP contribution in [0, 0.1) is 36.3 Å². The molecule has 0 unspecified atom stereocenters. The van der Waals surface area contributed by atoms with Crippen molar-refractivity contribution in [2.24, 2.45) is 24.8 Å². The van der Waals surface area contributed by atoms with Gasteiger partial charge in [0.2, 0.25) is 29.5 Å². The molecule has 3 aromatic heterocycles. The maximum Gasteiger partial charge on any atom is 0.258 e. The Morgan fingerprint density at radius 3 is 2.38 bits per heavy atom. The summed E-state index contributed by atoms with van der Waals surface area (Å²) in [5, 5.41) is 9.65. The predicted octanol–water partition coefficient (Wildman–Crippen LogP) is 6.66. The number of hydrogen-bond acceptors (Lipinski definition) is 9. The summed E-state index contributed by atoms with van der Waals surface area (Å²) in [7, 11) is 1.82. The Kier molecular flexibility index (Phi) is 10.8. The second kappa shape index (κ2) is 16.3. The normalized spacial score (nSPS) is 21.9. The topological polar surface area (TPSA) is 157 Å². The van der Waals surface area contributed by atoms with Crippen molar-refractivity contribution >= 4 is 52.0 Å². The van der Waals surface area contributed by atoms with Crippen LogP contribution < -0.4 is 25.2 Å². The smallest absolute Gasteiger partial charge is 0.258 e. The van der Waals surface area contributed by atoms with Crippen LogP contribution in [0.4, 0.5) is 26.1 Å². The molecule has 7 heterocycles. The van der Waals surface area contributed by atoms with Gasteiger partial charge in [-0.25, -0.2) is 18.4 Å². The molecule has 318 valence electrons. The minimum atomic E-state index is -1.04. The highest BCUT2D eigenvalue weighted by molar-refractivity contribution is 6.05. The van der Waals surface area contributed by atoms with Crippen LogP contribution in [0.25, 0.3) is 22.3 Å². The molecule has 16 heteroatoms. The number of amides is 4. The van der Waals surface area contributed by atoms with E-state index in [4.69, 9.17) is 14.7 Å². The summed E-state index contributed by atoms with van der Waals surface area (Å²) in [6, 6.07) is 11.9. The fourth-order valence-corrected chi connectivity index (χ4v) is 9.66. The SMILES string of the molecule is Cc1cc2cc(n1)-c1cnn(C)c1OCCC[C@@H](C)Cn1c(nc3ccc(N4CC[C@@H](C5CCN(c6cc(F)c([C@H]7CCC(=O)NC7=O)c(F)c6)CC5)CC4=O)cc31)NC2=O. The third-order valence-corrected chi connectivity index (χ3v) is 12.9. The van der Waals surface area contributed by atoms with E-state index >= 15 is 8.78 Å². The largest absolute Gasteiger partial charge is 0.477 e. The monoisotopic (exact) mass is 833 g/mol. The van der Waals surface area contributed by atoms with E-state index < -0.39 is 29.4 Å². The van der Waals surface area contributed by atoms with E-state index in [-0.39, 0.29) is 48.0 Å². The van der Waals surface area contributed by atoms with Crippen molar-refractivity contribution in [3.8, 4) is 17.1 Å². The van der Waals surface area contributed by atoms with Gasteiger partial charge in [-0.1, -0.05) is 6.92 Å². The highest BCUT2D eigenvalue weighted by Crippen LogP contribution is 2.39. The number of benzene rings is 2. The minimum absolute atomic E-state index is 0.0364. The molecule has 3 saturated heterocycles. The number of nitrogens with zero attached hydrogens (tertiary/aromatic N) is 7. The zero-order valence-electron chi connectivity index (χ0n) is 34.5. The first-order chi connectivity index (χ1) is 29.4. The minimum Gasteiger partial charge on any atom is -0.477 e. The molecule has 0 saturated carbocycles. The van der Waals surface area contributed by atoms with Gasteiger partial charge in [0.1, 0.15) is 11.6 Å².